The maximum Gasteiger partial charge on any atom is 0.128 e. The molecule has 0 aliphatic rings. The predicted octanol–water partition coefficient (Wildman–Crippen LogP) is 2.59. The second-order valence-corrected chi connectivity index (χ2v) is 6.18. The zero-order valence-corrected chi connectivity index (χ0v) is 11.8. The molecule has 0 unspecified atom stereocenters. The Hall–Kier alpha value is -1.09. The summed E-state index contributed by atoms with van der Waals surface area (Å²) in [5.74, 6) is 0.886. The van der Waals surface area contributed by atoms with Crippen molar-refractivity contribution in [2.24, 2.45) is 0 Å². The highest BCUT2D eigenvalue weighted by Gasteiger charge is 2.24. The number of aliphatic hydroxyl groups excluding tert-OH is 1. The molecule has 1 aromatic rings. The Kier molecular flexibility index (Phi) is 3.82. The van der Waals surface area contributed by atoms with Gasteiger partial charge in [-0.15, -0.1) is 0 Å². The minimum absolute atomic E-state index is 0.103. The van der Waals surface area contributed by atoms with Gasteiger partial charge in [0, 0.05) is 13.2 Å². The van der Waals surface area contributed by atoms with E-state index in [1.807, 2.05) is 38.1 Å². The van der Waals surface area contributed by atoms with E-state index in [9.17, 15) is 5.11 Å². The third-order valence-electron chi connectivity index (χ3n) is 3.25. The summed E-state index contributed by atoms with van der Waals surface area (Å²) in [7, 11) is 1.95. The van der Waals surface area contributed by atoms with E-state index in [4.69, 9.17) is 0 Å². The smallest absolute Gasteiger partial charge is 0.128 e. The molecule has 3 heteroatoms. The van der Waals surface area contributed by atoms with Crippen molar-refractivity contribution in [3.8, 4) is 0 Å². The van der Waals surface area contributed by atoms with Crippen LogP contribution in [0.15, 0.2) is 18.3 Å². The molecular weight excluding hydrogens is 212 g/mol. The van der Waals surface area contributed by atoms with Gasteiger partial charge in [-0.3, -0.25) is 0 Å². The molecule has 96 valence electrons. The van der Waals surface area contributed by atoms with E-state index in [2.05, 4.69) is 31.8 Å². The molecule has 1 rings (SSSR count). The lowest BCUT2D eigenvalue weighted by Crippen LogP contribution is -2.44. The predicted molar refractivity (Wildman–Crippen MR) is 72.5 cm³/mol. The largest absolute Gasteiger partial charge is 0.394 e. The van der Waals surface area contributed by atoms with Crippen LogP contribution in [0, 0.1) is 0 Å². The Morgan fingerprint density at radius 1 is 1.18 bits per heavy atom. The van der Waals surface area contributed by atoms with E-state index in [0.29, 0.717) is 0 Å². The van der Waals surface area contributed by atoms with Gasteiger partial charge in [0.25, 0.3) is 0 Å². The number of pyridine rings is 1. The summed E-state index contributed by atoms with van der Waals surface area (Å²) in [6.45, 7) is 10.6. The fourth-order valence-corrected chi connectivity index (χ4v) is 1.44. The highest BCUT2D eigenvalue weighted by Crippen LogP contribution is 2.25. The quantitative estimate of drug-likeness (QED) is 0.876. The van der Waals surface area contributed by atoms with Gasteiger partial charge in [-0.2, -0.15) is 0 Å². The number of aromatic nitrogens is 1. The maximum atomic E-state index is 9.34. The molecule has 0 aliphatic heterocycles. The fraction of sp³-hybridized carbons (Fsp3) is 0.643. The fourth-order valence-electron chi connectivity index (χ4n) is 1.44. The Labute approximate surface area is 104 Å². The van der Waals surface area contributed by atoms with Crippen molar-refractivity contribution in [3.63, 3.8) is 0 Å². The van der Waals surface area contributed by atoms with Crippen LogP contribution in [0.25, 0.3) is 0 Å². The van der Waals surface area contributed by atoms with E-state index in [1.165, 1.54) is 5.56 Å². The lowest BCUT2D eigenvalue weighted by Gasteiger charge is -2.35. The van der Waals surface area contributed by atoms with Gasteiger partial charge >= 0.3 is 0 Å². The van der Waals surface area contributed by atoms with Crippen LogP contribution >= 0.6 is 0 Å². The SMILES string of the molecule is CN(c1ccc(C(C)(C)C)cn1)C(C)(C)CO. The van der Waals surface area contributed by atoms with Crippen LogP contribution in [-0.2, 0) is 5.41 Å². The van der Waals surface area contributed by atoms with Gasteiger partial charge in [-0.1, -0.05) is 26.8 Å². The average Bonchev–Trinajstić information content (AvgIpc) is 2.27. The molecule has 1 N–H and O–H groups in total. The molecule has 0 fully saturated rings. The number of anilines is 1. The molecule has 17 heavy (non-hydrogen) atoms. The van der Waals surface area contributed by atoms with E-state index >= 15 is 0 Å². The number of hydrogen-bond donors (Lipinski definition) is 1. The summed E-state index contributed by atoms with van der Waals surface area (Å²) in [5.41, 5.74) is 1.05. The van der Waals surface area contributed by atoms with E-state index in [-0.39, 0.29) is 17.6 Å². The van der Waals surface area contributed by atoms with Crippen molar-refractivity contribution in [3.05, 3.63) is 23.9 Å². The minimum Gasteiger partial charge on any atom is -0.394 e. The van der Waals surface area contributed by atoms with Crippen molar-refractivity contribution in [2.75, 3.05) is 18.6 Å². The van der Waals surface area contributed by atoms with Crippen molar-refractivity contribution >= 4 is 5.82 Å². The topological polar surface area (TPSA) is 36.4 Å². The second-order valence-electron chi connectivity index (χ2n) is 6.18. The standard InChI is InChI=1S/C14H24N2O/c1-13(2,3)11-7-8-12(15-9-11)16(6)14(4,5)10-17/h7-9,17H,10H2,1-6H3. The number of aliphatic hydroxyl groups is 1. The Morgan fingerprint density at radius 3 is 2.12 bits per heavy atom. The number of hydrogen-bond acceptors (Lipinski definition) is 3. The average molecular weight is 236 g/mol. The van der Waals surface area contributed by atoms with Gasteiger partial charge in [0.05, 0.1) is 12.1 Å². The third-order valence-corrected chi connectivity index (χ3v) is 3.25. The van der Waals surface area contributed by atoms with Gasteiger partial charge in [0.1, 0.15) is 5.82 Å². The summed E-state index contributed by atoms with van der Waals surface area (Å²) in [4.78, 5) is 6.47. The Morgan fingerprint density at radius 2 is 1.76 bits per heavy atom. The highest BCUT2D eigenvalue weighted by atomic mass is 16.3. The molecule has 0 aromatic carbocycles. The highest BCUT2D eigenvalue weighted by molar-refractivity contribution is 5.42. The molecular formula is C14H24N2O. The third kappa shape index (κ3) is 3.19. The summed E-state index contributed by atoms with van der Waals surface area (Å²) in [5, 5.41) is 9.34. The zero-order valence-electron chi connectivity index (χ0n) is 11.8. The van der Waals surface area contributed by atoms with Crippen LogP contribution in [-0.4, -0.2) is 29.3 Å². The Bertz CT molecular complexity index is 363. The molecule has 0 aliphatic carbocycles. The first-order valence-electron chi connectivity index (χ1n) is 6.00. The van der Waals surface area contributed by atoms with Gasteiger partial charge < -0.3 is 10.0 Å². The minimum atomic E-state index is -0.295. The number of rotatable bonds is 3. The van der Waals surface area contributed by atoms with Crippen molar-refractivity contribution in [1.29, 1.82) is 0 Å². The van der Waals surface area contributed by atoms with Crippen LogP contribution in [0.5, 0.6) is 0 Å². The van der Waals surface area contributed by atoms with Gasteiger partial charge in [0.2, 0.25) is 0 Å². The normalized spacial score (nSPS) is 12.6. The van der Waals surface area contributed by atoms with Crippen molar-refractivity contribution < 1.29 is 5.11 Å². The zero-order chi connectivity index (χ0) is 13.3. The number of nitrogens with zero attached hydrogens (tertiary/aromatic N) is 2. The molecule has 0 bridgehead atoms. The van der Waals surface area contributed by atoms with Crippen LogP contribution in [0.2, 0.25) is 0 Å². The molecule has 3 nitrogen and oxygen atoms in total. The van der Waals surface area contributed by atoms with Gasteiger partial charge in [-0.05, 0) is 30.9 Å². The van der Waals surface area contributed by atoms with E-state index < -0.39 is 0 Å². The molecule has 1 aromatic heterocycles. The molecule has 1 heterocycles. The summed E-state index contributed by atoms with van der Waals surface area (Å²) < 4.78 is 0. The van der Waals surface area contributed by atoms with E-state index in [1.54, 1.807) is 0 Å². The number of likely N-dealkylation sites (N-methyl/N-ethyl adjacent to an activating group) is 1. The van der Waals surface area contributed by atoms with E-state index in [0.717, 1.165) is 5.82 Å². The van der Waals surface area contributed by atoms with Crippen LogP contribution in [0.3, 0.4) is 0 Å². The first-order valence-corrected chi connectivity index (χ1v) is 6.00. The molecule has 0 saturated heterocycles. The van der Waals surface area contributed by atoms with Crippen molar-refractivity contribution in [2.45, 2.75) is 45.6 Å². The lowest BCUT2D eigenvalue weighted by atomic mass is 9.88. The van der Waals surface area contributed by atoms with Crippen LogP contribution < -0.4 is 4.90 Å². The van der Waals surface area contributed by atoms with Crippen molar-refractivity contribution in [1.82, 2.24) is 4.98 Å². The van der Waals surface area contributed by atoms with Crippen LogP contribution in [0.1, 0.15) is 40.2 Å². The molecule has 0 spiro atoms. The molecule has 0 radical (unpaired) electrons. The molecule has 0 amide bonds. The summed E-state index contributed by atoms with van der Waals surface area (Å²) in [6.07, 6.45) is 1.92. The monoisotopic (exact) mass is 236 g/mol. The Balaban J connectivity index is 2.96. The maximum absolute atomic E-state index is 9.34. The first kappa shape index (κ1) is 14.0. The lowest BCUT2D eigenvalue weighted by molar-refractivity contribution is 0.215. The summed E-state index contributed by atoms with van der Waals surface area (Å²) >= 11 is 0. The summed E-state index contributed by atoms with van der Waals surface area (Å²) in [6, 6.07) is 4.12. The molecule has 0 saturated carbocycles. The van der Waals surface area contributed by atoms with Crippen LogP contribution in [0.4, 0.5) is 5.82 Å². The van der Waals surface area contributed by atoms with Gasteiger partial charge in [-0.25, -0.2) is 4.98 Å². The van der Waals surface area contributed by atoms with Gasteiger partial charge in [0.15, 0.2) is 0 Å². The first-order chi connectivity index (χ1) is 7.68. The molecule has 0 atom stereocenters. The second kappa shape index (κ2) is 4.65.